The van der Waals surface area contributed by atoms with Gasteiger partial charge in [-0.2, -0.15) is 0 Å². The minimum atomic E-state index is -0.178. The Labute approximate surface area is 158 Å². The zero-order chi connectivity index (χ0) is 18.4. The maximum absolute atomic E-state index is 13.1. The fourth-order valence-corrected chi connectivity index (χ4v) is 4.49. The van der Waals surface area contributed by atoms with E-state index in [9.17, 15) is 9.59 Å². The lowest BCUT2D eigenvalue weighted by atomic mass is 10.2. The van der Waals surface area contributed by atoms with E-state index in [2.05, 4.69) is 5.32 Å². The van der Waals surface area contributed by atoms with E-state index in [1.165, 1.54) is 0 Å². The lowest BCUT2D eigenvalue weighted by Crippen LogP contribution is -2.25. The monoisotopic (exact) mass is 376 g/mol. The predicted molar refractivity (Wildman–Crippen MR) is 107 cm³/mol. The molecule has 2 aromatic carbocycles. The highest BCUT2D eigenvalue weighted by Gasteiger charge is 2.23. The summed E-state index contributed by atoms with van der Waals surface area (Å²) in [4.78, 5) is 30.5. The molecule has 0 unspecified atom stereocenters. The molecule has 0 spiro atoms. The molecule has 0 bridgehead atoms. The average molecular weight is 376 g/mol. The first-order valence-corrected chi connectivity index (χ1v) is 9.70. The maximum atomic E-state index is 13.1. The second kappa shape index (κ2) is 6.28. The first-order chi connectivity index (χ1) is 13.2. The van der Waals surface area contributed by atoms with Crippen LogP contribution in [0.4, 0.5) is 5.69 Å². The fraction of sp³-hybridized carbons (Fsp3) is 0.150. The van der Waals surface area contributed by atoms with Crippen molar-refractivity contribution in [3.63, 3.8) is 0 Å². The molecule has 0 atom stereocenters. The summed E-state index contributed by atoms with van der Waals surface area (Å²) >= 11 is 1.59. The van der Waals surface area contributed by atoms with Crippen LogP contribution >= 0.6 is 11.8 Å². The van der Waals surface area contributed by atoms with E-state index in [1.807, 2.05) is 54.6 Å². The SMILES string of the molecule is O=C(Cn1c2ccccc2c2nc3n(c(=O)c21)CCS3)Nc1ccccc1. The maximum Gasteiger partial charge on any atom is 0.278 e. The third kappa shape index (κ3) is 2.62. The molecule has 1 aliphatic heterocycles. The number of fused-ring (bicyclic) bond motifs is 4. The summed E-state index contributed by atoms with van der Waals surface area (Å²) in [6.07, 6.45) is 0. The summed E-state index contributed by atoms with van der Waals surface area (Å²) in [7, 11) is 0. The molecule has 2 aromatic heterocycles. The van der Waals surface area contributed by atoms with Gasteiger partial charge in [0.05, 0.1) is 5.52 Å². The first kappa shape index (κ1) is 16.1. The molecule has 6 nitrogen and oxygen atoms in total. The minimum Gasteiger partial charge on any atom is -0.325 e. The number of thioether (sulfide) groups is 1. The molecular weight excluding hydrogens is 360 g/mol. The highest BCUT2D eigenvalue weighted by molar-refractivity contribution is 7.99. The summed E-state index contributed by atoms with van der Waals surface area (Å²) < 4.78 is 3.49. The van der Waals surface area contributed by atoms with E-state index in [0.717, 1.165) is 27.5 Å². The third-order valence-electron chi connectivity index (χ3n) is 4.74. The number of rotatable bonds is 3. The molecule has 27 heavy (non-hydrogen) atoms. The van der Waals surface area contributed by atoms with Gasteiger partial charge in [-0.15, -0.1) is 0 Å². The molecule has 0 radical (unpaired) electrons. The Morgan fingerprint density at radius 2 is 1.89 bits per heavy atom. The van der Waals surface area contributed by atoms with E-state index in [0.29, 0.717) is 17.6 Å². The zero-order valence-electron chi connectivity index (χ0n) is 14.4. The van der Waals surface area contributed by atoms with Crippen LogP contribution < -0.4 is 10.9 Å². The highest BCUT2D eigenvalue weighted by Crippen LogP contribution is 2.29. The smallest absolute Gasteiger partial charge is 0.278 e. The van der Waals surface area contributed by atoms with Gasteiger partial charge < -0.3 is 9.88 Å². The molecule has 0 saturated heterocycles. The second-order valence-electron chi connectivity index (χ2n) is 6.41. The quantitative estimate of drug-likeness (QED) is 0.558. The van der Waals surface area contributed by atoms with Gasteiger partial charge in [-0.05, 0) is 18.2 Å². The number of benzene rings is 2. The van der Waals surface area contributed by atoms with Crippen molar-refractivity contribution in [1.29, 1.82) is 0 Å². The highest BCUT2D eigenvalue weighted by atomic mass is 32.2. The van der Waals surface area contributed by atoms with Crippen LogP contribution in [0.5, 0.6) is 0 Å². The van der Waals surface area contributed by atoms with Crippen LogP contribution in [-0.2, 0) is 17.9 Å². The number of nitrogens with one attached hydrogen (secondary N) is 1. The molecule has 1 N–H and O–H groups in total. The van der Waals surface area contributed by atoms with Gasteiger partial charge in [-0.25, -0.2) is 4.98 Å². The van der Waals surface area contributed by atoms with E-state index in [4.69, 9.17) is 4.98 Å². The lowest BCUT2D eigenvalue weighted by Gasteiger charge is -2.09. The minimum absolute atomic E-state index is 0.0579. The van der Waals surface area contributed by atoms with Gasteiger partial charge in [0.2, 0.25) is 5.91 Å². The third-order valence-corrected chi connectivity index (χ3v) is 5.69. The molecule has 7 heteroatoms. The molecule has 4 aromatic rings. The lowest BCUT2D eigenvalue weighted by molar-refractivity contribution is -0.116. The van der Waals surface area contributed by atoms with E-state index >= 15 is 0 Å². The molecule has 0 saturated carbocycles. The number of hydrogen-bond acceptors (Lipinski definition) is 4. The number of aromatic nitrogens is 3. The van der Waals surface area contributed by atoms with Gasteiger partial charge in [-0.1, -0.05) is 48.2 Å². The molecule has 0 fully saturated rings. The van der Waals surface area contributed by atoms with Gasteiger partial charge in [0.1, 0.15) is 17.6 Å². The van der Waals surface area contributed by atoms with E-state index in [1.54, 1.807) is 20.9 Å². The van der Waals surface area contributed by atoms with Crippen molar-refractivity contribution in [3.05, 3.63) is 65.0 Å². The Morgan fingerprint density at radius 3 is 2.74 bits per heavy atom. The van der Waals surface area contributed by atoms with E-state index in [-0.39, 0.29) is 18.0 Å². The normalized spacial score (nSPS) is 13.2. The Balaban J connectivity index is 1.66. The van der Waals surface area contributed by atoms with Crippen molar-refractivity contribution in [2.45, 2.75) is 18.2 Å². The summed E-state index contributed by atoms with van der Waals surface area (Å²) in [5.74, 6) is 0.671. The molecule has 1 amide bonds. The van der Waals surface area contributed by atoms with Gasteiger partial charge in [0, 0.05) is 23.4 Å². The Kier molecular flexibility index (Phi) is 3.75. The van der Waals surface area contributed by atoms with Gasteiger partial charge in [-0.3, -0.25) is 14.2 Å². The molecule has 5 rings (SSSR count). The van der Waals surface area contributed by atoms with Crippen LogP contribution in [0.15, 0.2) is 64.5 Å². The summed E-state index contributed by atoms with van der Waals surface area (Å²) in [6.45, 7) is 0.710. The largest absolute Gasteiger partial charge is 0.325 e. The number of para-hydroxylation sites is 2. The topological polar surface area (TPSA) is 68.9 Å². The standard InChI is InChI=1S/C20H16N4O2S/c25-16(21-13-6-2-1-3-7-13)12-24-15-9-5-4-8-14(15)17-18(24)19(26)23-10-11-27-20(23)22-17/h1-9H,10-12H2,(H,21,25). The van der Waals surface area contributed by atoms with Crippen LogP contribution in [-0.4, -0.2) is 25.8 Å². The Bertz CT molecular complexity index is 1240. The summed E-state index contributed by atoms with van der Waals surface area (Å²) in [5.41, 5.74) is 2.66. The van der Waals surface area contributed by atoms with Crippen molar-refractivity contribution in [2.75, 3.05) is 11.1 Å². The molecule has 3 heterocycles. The second-order valence-corrected chi connectivity index (χ2v) is 7.48. The Morgan fingerprint density at radius 1 is 1.11 bits per heavy atom. The molecule has 0 aliphatic carbocycles. The number of hydrogen-bond donors (Lipinski definition) is 1. The van der Waals surface area contributed by atoms with Gasteiger partial charge in [0.15, 0.2) is 5.16 Å². The Hall–Kier alpha value is -3.06. The number of anilines is 1. The predicted octanol–water partition coefficient (Wildman–Crippen LogP) is 3.10. The first-order valence-electron chi connectivity index (χ1n) is 8.72. The average Bonchev–Trinajstić information content (AvgIpc) is 3.27. The molecule has 134 valence electrons. The van der Waals surface area contributed by atoms with Crippen LogP contribution in [0, 0.1) is 0 Å². The van der Waals surface area contributed by atoms with Crippen molar-refractivity contribution < 1.29 is 4.79 Å². The summed E-state index contributed by atoms with van der Waals surface area (Å²) in [6, 6.07) is 17.0. The number of carbonyl (C=O) groups is 1. The van der Waals surface area contributed by atoms with Crippen LogP contribution in [0.3, 0.4) is 0 Å². The molecule has 1 aliphatic rings. The van der Waals surface area contributed by atoms with E-state index < -0.39 is 0 Å². The number of nitrogens with zero attached hydrogens (tertiary/aromatic N) is 3. The number of amides is 1. The summed E-state index contributed by atoms with van der Waals surface area (Å²) in [5, 5.41) is 4.54. The van der Waals surface area contributed by atoms with Gasteiger partial charge >= 0.3 is 0 Å². The molecular formula is C20H16N4O2S. The number of carbonyl (C=O) groups excluding carboxylic acids is 1. The fourth-order valence-electron chi connectivity index (χ4n) is 3.55. The van der Waals surface area contributed by atoms with Crippen molar-refractivity contribution in [3.8, 4) is 0 Å². The zero-order valence-corrected chi connectivity index (χ0v) is 15.2. The van der Waals surface area contributed by atoms with Crippen LogP contribution in [0.1, 0.15) is 0 Å². The van der Waals surface area contributed by atoms with Crippen LogP contribution in [0.2, 0.25) is 0 Å². The van der Waals surface area contributed by atoms with Crippen LogP contribution in [0.25, 0.3) is 21.9 Å². The van der Waals surface area contributed by atoms with Gasteiger partial charge in [0.25, 0.3) is 5.56 Å². The van der Waals surface area contributed by atoms with Crippen molar-refractivity contribution in [2.24, 2.45) is 0 Å². The van der Waals surface area contributed by atoms with Crippen molar-refractivity contribution in [1.82, 2.24) is 14.1 Å². The van der Waals surface area contributed by atoms with Crippen molar-refractivity contribution >= 4 is 45.3 Å².